The molecule has 0 spiro atoms. The molecule has 6 nitrogen and oxygen atoms in total. The Morgan fingerprint density at radius 1 is 1.07 bits per heavy atom. The van der Waals surface area contributed by atoms with E-state index in [1.54, 1.807) is 15.6 Å². The summed E-state index contributed by atoms with van der Waals surface area (Å²) in [5.41, 5.74) is 10.2. The SMILES string of the molecule is Cc1cccc(N2CCN(S(=O)(=O)c3cc(C4CC(C)NN4)sc3C)CC2)c1C. The molecule has 0 radical (unpaired) electrons. The van der Waals surface area contributed by atoms with Crippen molar-refractivity contribution in [1.82, 2.24) is 15.2 Å². The van der Waals surface area contributed by atoms with Crippen molar-refractivity contribution in [3.05, 3.63) is 45.1 Å². The number of anilines is 1. The molecule has 2 aromatic rings. The van der Waals surface area contributed by atoms with Crippen LogP contribution in [0.2, 0.25) is 0 Å². The largest absolute Gasteiger partial charge is 0.369 e. The number of hydrazine groups is 1. The number of aryl methyl sites for hydroxylation is 2. The average molecular weight is 435 g/mol. The van der Waals surface area contributed by atoms with Crippen LogP contribution in [0.25, 0.3) is 0 Å². The highest BCUT2D eigenvalue weighted by Crippen LogP contribution is 2.35. The molecule has 2 saturated heterocycles. The Balaban J connectivity index is 1.49. The number of nitrogens with zero attached hydrogens (tertiary/aromatic N) is 2. The van der Waals surface area contributed by atoms with E-state index in [4.69, 9.17) is 0 Å². The number of nitrogens with one attached hydrogen (secondary N) is 2. The molecule has 1 aromatic heterocycles. The van der Waals surface area contributed by atoms with Crippen molar-refractivity contribution >= 4 is 27.0 Å². The van der Waals surface area contributed by atoms with Crippen molar-refractivity contribution in [2.75, 3.05) is 31.1 Å². The lowest BCUT2D eigenvalue weighted by Crippen LogP contribution is -2.48. The number of thiophene rings is 1. The first kappa shape index (κ1) is 20.8. The molecule has 158 valence electrons. The maximum Gasteiger partial charge on any atom is 0.244 e. The molecule has 29 heavy (non-hydrogen) atoms. The fraction of sp³-hybridized carbons (Fsp3) is 0.524. The summed E-state index contributed by atoms with van der Waals surface area (Å²) < 4.78 is 28.3. The van der Waals surface area contributed by atoms with Crippen molar-refractivity contribution in [3.8, 4) is 0 Å². The third-order valence-corrected chi connectivity index (χ3v) is 9.42. The molecule has 0 saturated carbocycles. The Hall–Kier alpha value is -1.45. The normalized spacial score (nSPS) is 23.7. The molecular formula is C21H30N4O2S2. The van der Waals surface area contributed by atoms with Gasteiger partial charge in [0.1, 0.15) is 0 Å². The average Bonchev–Trinajstić information content (AvgIpc) is 3.30. The van der Waals surface area contributed by atoms with Gasteiger partial charge in [0.25, 0.3) is 0 Å². The van der Waals surface area contributed by atoms with E-state index in [-0.39, 0.29) is 6.04 Å². The highest BCUT2D eigenvalue weighted by atomic mass is 32.2. The number of sulfonamides is 1. The molecule has 1 aromatic carbocycles. The van der Waals surface area contributed by atoms with Crippen LogP contribution in [-0.4, -0.2) is 44.9 Å². The zero-order chi connectivity index (χ0) is 20.8. The van der Waals surface area contributed by atoms with Crippen LogP contribution in [0.15, 0.2) is 29.2 Å². The van der Waals surface area contributed by atoms with Crippen LogP contribution in [0.3, 0.4) is 0 Å². The number of rotatable bonds is 4. The minimum Gasteiger partial charge on any atom is -0.369 e. The minimum atomic E-state index is -3.47. The van der Waals surface area contributed by atoms with Crippen LogP contribution in [0, 0.1) is 20.8 Å². The molecule has 0 aliphatic carbocycles. The van der Waals surface area contributed by atoms with Gasteiger partial charge < -0.3 is 4.90 Å². The Morgan fingerprint density at radius 2 is 1.79 bits per heavy atom. The topological polar surface area (TPSA) is 64.7 Å². The van der Waals surface area contributed by atoms with Crippen LogP contribution in [0.5, 0.6) is 0 Å². The van der Waals surface area contributed by atoms with Gasteiger partial charge in [-0.3, -0.25) is 5.43 Å². The van der Waals surface area contributed by atoms with Crippen LogP contribution in [0.1, 0.15) is 40.3 Å². The molecule has 2 N–H and O–H groups in total. The van der Waals surface area contributed by atoms with Crippen molar-refractivity contribution in [2.24, 2.45) is 0 Å². The van der Waals surface area contributed by atoms with E-state index >= 15 is 0 Å². The second-order valence-electron chi connectivity index (χ2n) is 8.16. The van der Waals surface area contributed by atoms with E-state index in [0.717, 1.165) is 16.2 Å². The van der Waals surface area contributed by atoms with E-state index in [0.29, 0.717) is 37.1 Å². The van der Waals surface area contributed by atoms with Crippen molar-refractivity contribution in [2.45, 2.75) is 51.1 Å². The van der Waals surface area contributed by atoms with Gasteiger partial charge in [-0.15, -0.1) is 11.3 Å². The molecule has 4 rings (SSSR count). The Labute approximate surface area is 177 Å². The number of benzene rings is 1. The third kappa shape index (κ3) is 3.96. The fourth-order valence-corrected chi connectivity index (χ4v) is 7.27. The predicted octanol–water partition coefficient (Wildman–Crippen LogP) is 3.11. The summed E-state index contributed by atoms with van der Waals surface area (Å²) in [4.78, 5) is 4.74. The molecule has 2 aliphatic heterocycles. The van der Waals surface area contributed by atoms with Crippen LogP contribution in [0.4, 0.5) is 5.69 Å². The summed E-state index contributed by atoms with van der Waals surface area (Å²) in [5.74, 6) is 0. The molecular weight excluding hydrogens is 404 g/mol. The Bertz CT molecular complexity index is 994. The van der Waals surface area contributed by atoms with Gasteiger partial charge in [-0.05, 0) is 57.4 Å². The molecule has 2 atom stereocenters. The lowest BCUT2D eigenvalue weighted by Gasteiger charge is -2.36. The third-order valence-electron chi connectivity index (χ3n) is 6.10. The highest BCUT2D eigenvalue weighted by Gasteiger charge is 2.33. The Morgan fingerprint density at radius 3 is 2.45 bits per heavy atom. The lowest BCUT2D eigenvalue weighted by molar-refractivity contribution is 0.384. The summed E-state index contributed by atoms with van der Waals surface area (Å²) >= 11 is 1.59. The molecule has 0 bridgehead atoms. The number of piperazine rings is 1. The summed E-state index contributed by atoms with van der Waals surface area (Å²) in [6, 6.07) is 8.77. The van der Waals surface area contributed by atoms with Gasteiger partial charge in [-0.25, -0.2) is 13.8 Å². The zero-order valence-electron chi connectivity index (χ0n) is 17.5. The van der Waals surface area contributed by atoms with E-state index in [1.807, 2.05) is 13.0 Å². The van der Waals surface area contributed by atoms with Gasteiger partial charge in [-0.2, -0.15) is 4.31 Å². The van der Waals surface area contributed by atoms with Gasteiger partial charge in [0.15, 0.2) is 0 Å². The number of hydrogen-bond acceptors (Lipinski definition) is 6. The van der Waals surface area contributed by atoms with Crippen LogP contribution in [-0.2, 0) is 10.0 Å². The lowest BCUT2D eigenvalue weighted by atomic mass is 10.1. The second kappa shape index (κ2) is 8.00. The highest BCUT2D eigenvalue weighted by molar-refractivity contribution is 7.89. The molecule has 0 amide bonds. The standard InChI is InChI=1S/C21H30N4O2S2/c1-14-6-5-7-19(16(14)3)24-8-10-25(11-9-24)29(26,27)21-13-20(28-17(21)4)18-12-15(2)22-23-18/h5-7,13,15,18,22-23H,8-12H2,1-4H3. The minimum absolute atomic E-state index is 0.179. The van der Waals surface area contributed by atoms with Crippen molar-refractivity contribution < 1.29 is 8.42 Å². The summed E-state index contributed by atoms with van der Waals surface area (Å²) in [6.07, 6.45) is 0.966. The first-order valence-electron chi connectivity index (χ1n) is 10.2. The van der Waals surface area contributed by atoms with Gasteiger partial charge in [0, 0.05) is 47.7 Å². The van der Waals surface area contributed by atoms with Crippen LogP contribution >= 0.6 is 11.3 Å². The Kier molecular flexibility index (Phi) is 5.74. The zero-order valence-corrected chi connectivity index (χ0v) is 19.2. The fourth-order valence-electron chi connectivity index (χ4n) is 4.20. The maximum atomic E-state index is 13.3. The van der Waals surface area contributed by atoms with Gasteiger partial charge in [0.05, 0.1) is 10.9 Å². The number of hydrogen-bond donors (Lipinski definition) is 2. The van der Waals surface area contributed by atoms with Gasteiger partial charge in [-0.1, -0.05) is 12.1 Å². The van der Waals surface area contributed by atoms with Gasteiger partial charge >= 0.3 is 0 Å². The van der Waals surface area contributed by atoms with Crippen molar-refractivity contribution in [1.29, 1.82) is 0 Å². The maximum absolute atomic E-state index is 13.3. The molecule has 2 aliphatic rings. The van der Waals surface area contributed by atoms with E-state index < -0.39 is 10.0 Å². The van der Waals surface area contributed by atoms with Gasteiger partial charge in [0.2, 0.25) is 10.0 Å². The van der Waals surface area contributed by atoms with Crippen LogP contribution < -0.4 is 15.8 Å². The quantitative estimate of drug-likeness (QED) is 0.774. The molecule has 2 fully saturated rings. The molecule has 8 heteroatoms. The monoisotopic (exact) mass is 434 g/mol. The predicted molar refractivity (Wildman–Crippen MR) is 119 cm³/mol. The summed E-state index contributed by atoms with van der Waals surface area (Å²) in [7, 11) is -3.47. The van der Waals surface area contributed by atoms with E-state index in [9.17, 15) is 8.42 Å². The first-order chi connectivity index (χ1) is 13.8. The van der Waals surface area contributed by atoms with Crippen molar-refractivity contribution in [3.63, 3.8) is 0 Å². The summed E-state index contributed by atoms with van der Waals surface area (Å²) in [6.45, 7) is 10.8. The second-order valence-corrected chi connectivity index (χ2v) is 11.4. The smallest absolute Gasteiger partial charge is 0.244 e. The summed E-state index contributed by atoms with van der Waals surface area (Å²) in [5, 5.41) is 0. The molecule has 3 heterocycles. The molecule has 2 unspecified atom stereocenters. The van der Waals surface area contributed by atoms with E-state index in [2.05, 4.69) is 54.7 Å². The first-order valence-corrected chi connectivity index (χ1v) is 12.5. The van der Waals surface area contributed by atoms with E-state index in [1.165, 1.54) is 16.8 Å².